The highest BCUT2D eigenvalue weighted by Gasteiger charge is 2.20. The summed E-state index contributed by atoms with van der Waals surface area (Å²) in [7, 11) is 6.86. The number of hydrogen-bond acceptors (Lipinski definition) is 7. The molecular weight excluding hydrogens is 422 g/mol. The van der Waals surface area contributed by atoms with Gasteiger partial charge in [-0.15, -0.1) is 0 Å². The van der Waals surface area contributed by atoms with Crippen molar-refractivity contribution in [2.75, 3.05) is 33.2 Å². The van der Waals surface area contributed by atoms with Crippen molar-refractivity contribution < 1.29 is 23.8 Å². The molecule has 2 aromatic rings. The van der Waals surface area contributed by atoms with Gasteiger partial charge in [-0.1, -0.05) is 6.08 Å². The number of nitrogens with one attached hydrogen (secondary N) is 1. The zero-order chi connectivity index (χ0) is 23.8. The van der Waals surface area contributed by atoms with E-state index in [-0.39, 0.29) is 11.7 Å². The number of ether oxygens (including phenoxy) is 3. The number of methoxy groups -OCH3 is 2. The molecule has 0 fully saturated rings. The third kappa shape index (κ3) is 6.00. The fraction of sp³-hybridized carbons (Fsp3) is 0.240. The van der Waals surface area contributed by atoms with Crippen LogP contribution in [0.1, 0.15) is 28.8 Å². The maximum absolute atomic E-state index is 12.6. The SMILES string of the molecule is COC1=C(C(=O)Oc2ccc(/C=N/NC(=O)c3ccc(N(C)C)cc3)cc2OC)CCC=C1. The Morgan fingerprint density at radius 1 is 1.03 bits per heavy atom. The van der Waals surface area contributed by atoms with Crippen LogP contribution in [-0.2, 0) is 9.53 Å². The zero-order valence-electron chi connectivity index (χ0n) is 19.1. The molecule has 0 saturated carbocycles. The molecule has 0 heterocycles. The molecule has 0 bridgehead atoms. The third-order valence-electron chi connectivity index (χ3n) is 5.01. The van der Waals surface area contributed by atoms with Crippen LogP contribution in [0.15, 0.2) is 71.1 Å². The van der Waals surface area contributed by atoms with Gasteiger partial charge in [0.15, 0.2) is 11.5 Å². The van der Waals surface area contributed by atoms with Gasteiger partial charge in [-0.25, -0.2) is 10.2 Å². The van der Waals surface area contributed by atoms with Gasteiger partial charge in [-0.05, 0) is 66.9 Å². The maximum atomic E-state index is 12.6. The van der Waals surface area contributed by atoms with Gasteiger partial charge < -0.3 is 19.1 Å². The number of esters is 1. The summed E-state index contributed by atoms with van der Waals surface area (Å²) in [5.74, 6) is 0.341. The lowest BCUT2D eigenvalue weighted by molar-refractivity contribution is -0.130. The van der Waals surface area contributed by atoms with Crippen LogP contribution < -0.4 is 19.8 Å². The molecule has 0 aromatic heterocycles. The molecule has 2 aromatic carbocycles. The third-order valence-corrected chi connectivity index (χ3v) is 5.01. The Bertz CT molecular complexity index is 1100. The zero-order valence-corrected chi connectivity index (χ0v) is 19.1. The maximum Gasteiger partial charge on any atom is 0.343 e. The molecule has 0 spiro atoms. The number of rotatable bonds is 8. The van der Waals surface area contributed by atoms with Gasteiger partial charge in [0.2, 0.25) is 0 Å². The number of carbonyl (C=O) groups excluding carboxylic acids is 2. The molecule has 1 aliphatic carbocycles. The number of allylic oxidation sites excluding steroid dienone is 2. The van der Waals surface area contributed by atoms with Crippen molar-refractivity contribution in [3.05, 3.63) is 77.1 Å². The van der Waals surface area contributed by atoms with Crippen molar-refractivity contribution in [1.29, 1.82) is 0 Å². The van der Waals surface area contributed by atoms with Gasteiger partial charge in [0.05, 0.1) is 26.0 Å². The number of hydrazone groups is 1. The number of hydrogen-bond donors (Lipinski definition) is 1. The van der Waals surface area contributed by atoms with Crippen LogP contribution in [0.5, 0.6) is 11.5 Å². The first-order chi connectivity index (χ1) is 15.9. The van der Waals surface area contributed by atoms with E-state index in [1.165, 1.54) is 20.4 Å². The molecule has 1 aliphatic rings. The molecule has 33 heavy (non-hydrogen) atoms. The Hall–Kier alpha value is -4.07. The lowest BCUT2D eigenvalue weighted by atomic mass is 10.0. The Balaban J connectivity index is 1.66. The smallest absolute Gasteiger partial charge is 0.343 e. The van der Waals surface area contributed by atoms with Gasteiger partial charge in [-0.2, -0.15) is 5.10 Å². The van der Waals surface area contributed by atoms with Crippen molar-refractivity contribution in [3.63, 3.8) is 0 Å². The molecule has 8 heteroatoms. The average molecular weight is 450 g/mol. The summed E-state index contributed by atoms with van der Waals surface area (Å²) in [4.78, 5) is 26.8. The van der Waals surface area contributed by atoms with Crippen LogP contribution in [0, 0.1) is 0 Å². The fourth-order valence-electron chi connectivity index (χ4n) is 3.19. The van der Waals surface area contributed by atoms with Crippen molar-refractivity contribution in [1.82, 2.24) is 5.43 Å². The monoisotopic (exact) mass is 449 g/mol. The Labute approximate surface area is 193 Å². The number of benzene rings is 2. The Kier molecular flexibility index (Phi) is 7.86. The fourth-order valence-corrected chi connectivity index (χ4v) is 3.19. The van der Waals surface area contributed by atoms with Crippen molar-refractivity contribution in [2.24, 2.45) is 5.10 Å². The molecule has 0 atom stereocenters. The minimum atomic E-state index is -0.483. The largest absolute Gasteiger partial charge is 0.496 e. The van der Waals surface area contributed by atoms with Crippen molar-refractivity contribution >= 4 is 23.8 Å². The first-order valence-electron chi connectivity index (χ1n) is 10.4. The lowest BCUT2D eigenvalue weighted by Crippen LogP contribution is -2.18. The van der Waals surface area contributed by atoms with E-state index in [4.69, 9.17) is 14.2 Å². The summed E-state index contributed by atoms with van der Waals surface area (Å²) in [5, 5.41) is 4.01. The first-order valence-corrected chi connectivity index (χ1v) is 10.4. The van der Waals surface area contributed by atoms with Gasteiger partial charge in [0.1, 0.15) is 5.76 Å². The molecule has 0 unspecified atom stereocenters. The highest BCUT2D eigenvalue weighted by atomic mass is 16.6. The quantitative estimate of drug-likeness (QED) is 0.286. The predicted molar refractivity (Wildman–Crippen MR) is 127 cm³/mol. The normalized spacial score (nSPS) is 13.1. The number of carbonyl (C=O) groups is 2. The van der Waals surface area contributed by atoms with E-state index in [0.29, 0.717) is 34.6 Å². The molecule has 1 N–H and O–H groups in total. The van der Waals surface area contributed by atoms with E-state index in [1.807, 2.05) is 37.2 Å². The summed E-state index contributed by atoms with van der Waals surface area (Å²) in [6.45, 7) is 0. The average Bonchev–Trinajstić information content (AvgIpc) is 2.84. The topological polar surface area (TPSA) is 89.5 Å². The number of anilines is 1. The second-order valence-electron chi connectivity index (χ2n) is 7.43. The van der Waals surface area contributed by atoms with Crippen molar-refractivity contribution in [2.45, 2.75) is 12.8 Å². The molecular formula is C25H27N3O5. The molecule has 0 radical (unpaired) electrons. The highest BCUT2D eigenvalue weighted by Crippen LogP contribution is 2.30. The second-order valence-corrected chi connectivity index (χ2v) is 7.43. The van der Waals surface area contributed by atoms with E-state index in [9.17, 15) is 9.59 Å². The van der Waals surface area contributed by atoms with Gasteiger partial charge >= 0.3 is 5.97 Å². The summed E-state index contributed by atoms with van der Waals surface area (Å²) >= 11 is 0. The summed E-state index contributed by atoms with van der Waals surface area (Å²) in [5.41, 5.74) is 5.14. The molecule has 3 rings (SSSR count). The summed E-state index contributed by atoms with van der Waals surface area (Å²) < 4.78 is 16.2. The van der Waals surface area contributed by atoms with Crippen LogP contribution in [0.25, 0.3) is 0 Å². The molecule has 0 aliphatic heterocycles. The summed E-state index contributed by atoms with van der Waals surface area (Å²) in [6, 6.07) is 12.2. The minimum absolute atomic E-state index is 0.280. The van der Waals surface area contributed by atoms with Gasteiger partial charge in [0.25, 0.3) is 5.91 Å². The van der Waals surface area contributed by atoms with E-state index < -0.39 is 5.97 Å². The molecule has 172 valence electrons. The summed E-state index contributed by atoms with van der Waals surface area (Å²) in [6.07, 6.45) is 6.49. The predicted octanol–water partition coefficient (Wildman–Crippen LogP) is 3.68. The standard InChI is InChI=1S/C25H27N3O5/c1-28(2)19-12-10-18(11-13-19)24(29)27-26-16-17-9-14-22(23(15-17)32-4)33-25(30)20-7-5-6-8-21(20)31-3/h6,8-16H,5,7H2,1-4H3,(H,27,29)/b26-16+. The van der Waals surface area contributed by atoms with E-state index >= 15 is 0 Å². The van der Waals surface area contributed by atoms with Crippen LogP contribution in [-0.4, -0.2) is 46.4 Å². The van der Waals surface area contributed by atoms with E-state index in [0.717, 1.165) is 12.1 Å². The van der Waals surface area contributed by atoms with E-state index in [1.54, 1.807) is 36.4 Å². The highest BCUT2D eigenvalue weighted by molar-refractivity contribution is 5.95. The lowest BCUT2D eigenvalue weighted by Gasteiger charge is -2.15. The first kappa shape index (κ1) is 23.6. The van der Waals surface area contributed by atoms with Gasteiger partial charge in [0, 0.05) is 25.3 Å². The minimum Gasteiger partial charge on any atom is -0.496 e. The van der Waals surface area contributed by atoms with Crippen LogP contribution in [0.3, 0.4) is 0 Å². The van der Waals surface area contributed by atoms with E-state index in [2.05, 4.69) is 10.5 Å². The molecule has 8 nitrogen and oxygen atoms in total. The van der Waals surface area contributed by atoms with Crippen LogP contribution in [0.4, 0.5) is 5.69 Å². The van der Waals surface area contributed by atoms with Crippen LogP contribution in [0.2, 0.25) is 0 Å². The number of amides is 1. The van der Waals surface area contributed by atoms with Crippen molar-refractivity contribution in [3.8, 4) is 11.5 Å². The molecule has 1 amide bonds. The second kappa shape index (κ2) is 11.0. The number of nitrogens with zero attached hydrogens (tertiary/aromatic N) is 2. The Morgan fingerprint density at radius 3 is 2.45 bits per heavy atom. The van der Waals surface area contributed by atoms with Gasteiger partial charge in [-0.3, -0.25) is 4.79 Å². The molecule has 0 saturated heterocycles. The Morgan fingerprint density at radius 2 is 1.79 bits per heavy atom. The van der Waals surface area contributed by atoms with Crippen LogP contribution >= 0.6 is 0 Å².